The highest BCUT2D eigenvalue weighted by atomic mass is 15.3. The molecule has 0 aliphatic rings. The second-order valence-corrected chi connectivity index (χ2v) is 9.06. The topological polar surface area (TPSA) is 0 Å². The van der Waals surface area contributed by atoms with E-state index in [-0.39, 0.29) is 0 Å². The highest BCUT2D eigenvalue weighted by Gasteiger charge is 2.16. The number of nitrogens with zero attached hydrogens (tertiary/aromatic N) is 1. The Labute approximate surface area is 155 Å². The third kappa shape index (κ3) is 16.8. The normalized spacial score (nSPS) is 13.4. The smallest absolute Gasteiger partial charge is 0.0855 e. The Morgan fingerprint density at radius 1 is 0.500 bits per heavy atom. The summed E-state index contributed by atoms with van der Waals surface area (Å²) in [6.07, 6.45) is 24.8. The summed E-state index contributed by atoms with van der Waals surface area (Å²) in [6, 6.07) is 0.802. The van der Waals surface area contributed by atoms with Crippen molar-refractivity contribution >= 4 is 0 Å². The fourth-order valence-electron chi connectivity index (χ4n) is 3.38. The van der Waals surface area contributed by atoms with E-state index in [1.807, 2.05) is 0 Å². The van der Waals surface area contributed by atoms with Crippen LogP contribution in [0.4, 0.5) is 0 Å². The van der Waals surface area contributed by atoms with Gasteiger partial charge in [0.1, 0.15) is 0 Å². The Morgan fingerprint density at radius 2 is 0.792 bits per heavy atom. The van der Waals surface area contributed by atoms with Crippen molar-refractivity contribution in [3.63, 3.8) is 0 Å². The van der Waals surface area contributed by atoms with Crippen LogP contribution in [0.3, 0.4) is 0 Å². The molecule has 0 radical (unpaired) electrons. The van der Waals surface area contributed by atoms with Crippen LogP contribution in [-0.2, 0) is 0 Å². The summed E-state index contributed by atoms with van der Waals surface area (Å²) in [5, 5.41) is 0. The van der Waals surface area contributed by atoms with Crippen molar-refractivity contribution in [2.45, 2.75) is 129 Å². The summed E-state index contributed by atoms with van der Waals surface area (Å²) in [5.74, 6) is 0. The van der Waals surface area contributed by atoms with Crippen molar-refractivity contribution < 1.29 is 4.48 Å². The molecule has 1 nitrogen and oxygen atoms in total. The monoisotopic (exact) mass is 340 g/mol. The molecule has 0 heterocycles. The molecule has 0 rings (SSSR count). The molecule has 1 unspecified atom stereocenters. The van der Waals surface area contributed by atoms with Crippen molar-refractivity contribution in [2.75, 3.05) is 21.1 Å². The molecule has 0 aromatic heterocycles. The highest BCUT2D eigenvalue weighted by Crippen LogP contribution is 2.15. The Morgan fingerprint density at radius 3 is 1.08 bits per heavy atom. The summed E-state index contributed by atoms with van der Waals surface area (Å²) in [6.45, 7) is 4.69. The van der Waals surface area contributed by atoms with Gasteiger partial charge in [-0.2, -0.15) is 0 Å². The van der Waals surface area contributed by atoms with Gasteiger partial charge in [0, 0.05) is 0 Å². The second-order valence-electron chi connectivity index (χ2n) is 9.06. The molecule has 0 aromatic rings. The van der Waals surface area contributed by atoms with Crippen LogP contribution >= 0.6 is 0 Å². The maximum Gasteiger partial charge on any atom is 0.0855 e. The SMILES string of the molecule is CCCCCCCCCCCCCCCCCCC(C)[N+](C)(C)C. The number of unbranched alkanes of at least 4 members (excludes halogenated alkanes) is 15. The van der Waals surface area contributed by atoms with Gasteiger partial charge in [-0.05, 0) is 19.8 Å². The van der Waals surface area contributed by atoms with Crippen LogP contribution in [0.15, 0.2) is 0 Å². The zero-order valence-corrected chi connectivity index (χ0v) is 18.0. The molecule has 0 fully saturated rings. The molecule has 0 aromatic carbocycles. The number of hydrogen-bond acceptors (Lipinski definition) is 0. The molecule has 24 heavy (non-hydrogen) atoms. The maximum absolute atomic E-state index is 2.39. The molecule has 0 aliphatic carbocycles. The van der Waals surface area contributed by atoms with Gasteiger partial charge in [0.05, 0.1) is 27.2 Å². The lowest BCUT2D eigenvalue weighted by Crippen LogP contribution is -2.43. The quantitative estimate of drug-likeness (QED) is 0.177. The summed E-state index contributed by atoms with van der Waals surface area (Å²) < 4.78 is 1.11. The predicted octanol–water partition coefficient (Wildman–Crippen LogP) is 7.73. The third-order valence-corrected chi connectivity index (χ3v) is 5.80. The first-order valence-electron chi connectivity index (χ1n) is 11.3. The van der Waals surface area contributed by atoms with Crippen LogP contribution < -0.4 is 0 Å². The van der Waals surface area contributed by atoms with Crippen LogP contribution in [0.2, 0.25) is 0 Å². The first kappa shape index (κ1) is 24.0. The molecular weight excluding hydrogens is 290 g/mol. The molecule has 0 saturated carbocycles. The molecule has 146 valence electrons. The number of hydrogen-bond donors (Lipinski definition) is 0. The Hall–Kier alpha value is -0.0400. The van der Waals surface area contributed by atoms with E-state index in [0.29, 0.717) is 0 Å². The molecule has 0 aliphatic heterocycles. The van der Waals surface area contributed by atoms with Crippen molar-refractivity contribution in [1.82, 2.24) is 0 Å². The largest absolute Gasteiger partial charge is 0.329 e. The molecule has 0 spiro atoms. The summed E-state index contributed by atoms with van der Waals surface area (Å²) in [7, 11) is 6.95. The molecule has 0 amide bonds. The van der Waals surface area contributed by atoms with Gasteiger partial charge in [0.2, 0.25) is 0 Å². The van der Waals surface area contributed by atoms with Crippen LogP contribution in [0, 0.1) is 0 Å². The average Bonchev–Trinajstić information content (AvgIpc) is 2.53. The van der Waals surface area contributed by atoms with E-state index in [1.54, 1.807) is 0 Å². The van der Waals surface area contributed by atoms with Crippen LogP contribution in [0.25, 0.3) is 0 Å². The Kier molecular flexibility index (Phi) is 16.4. The minimum absolute atomic E-state index is 0.802. The van der Waals surface area contributed by atoms with Crippen LogP contribution in [-0.4, -0.2) is 31.7 Å². The fourth-order valence-corrected chi connectivity index (χ4v) is 3.38. The van der Waals surface area contributed by atoms with Gasteiger partial charge in [0.25, 0.3) is 0 Å². The van der Waals surface area contributed by atoms with Gasteiger partial charge in [-0.3, -0.25) is 0 Å². The van der Waals surface area contributed by atoms with Crippen molar-refractivity contribution in [2.24, 2.45) is 0 Å². The van der Waals surface area contributed by atoms with Gasteiger partial charge in [0.15, 0.2) is 0 Å². The van der Waals surface area contributed by atoms with E-state index < -0.39 is 0 Å². The van der Waals surface area contributed by atoms with Gasteiger partial charge in [-0.25, -0.2) is 0 Å². The Bertz CT molecular complexity index is 241. The van der Waals surface area contributed by atoms with Crippen molar-refractivity contribution in [3.8, 4) is 0 Å². The highest BCUT2D eigenvalue weighted by molar-refractivity contribution is 4.53. The lowest BCUT2D eigenvalue weighted by Gasteiger charge is -2.31. The summed E-state index contributed by atoms with van der Waals surface area (Å²) in [5.41, 5.74) is 0. The van der Waals surface area contributed by atoms with Gasteiger partial charge >= 0.3 is 0 Å². The predicted molar refractivity (Wildman–Crippen MR) is 112 cm³/mol. The molecular formula is C23H50N+. The molecule has 0 bridgehead atoms. The van der Waals surface area contributed by atoms with E-state index in [0.717, 1.165) is 10.5 Å². The van der Waals surface area contributed by atoms with Crippen molar-refractivity contribution in [3.05, 3.63) is 0 Å². The van der Waals surface area contributed by atoms with Crippen LogP contribution in [0.5, 0.6) is 0 Å². The van der Waals surface area contributed by atoms with E-state index in [2.05, 4.69) is 35.0 Å². The Balaban J connectivity index is 3.10. The number of quaternary nitrogens is 1. The molecule has 0 saturated heterocycles. The lowest BCUT2D eigenvalue weighted by molar-refractivity contribution is -0.894. The van der Waals surface area contributed by atoms with Crippen LogP contribution in [0.1, 0.15) is 123 Å². The average molecular weight is 341 g/mol. The summed E-state index contributed by atoms with van der Waals surface area (Å²) >= 11 is 0. The number of rotatable bonds is 18. The van der Waals surface area contributed by atoms with Gasteiger partial charge in [-0.15, -0.1) is 0 Å². The fraction of sp³-hybridized carbons (Fsp3) is 1.00. The zero-order valence-electron chi connectivity index (χ0n) is 18.0. The minimum atomic E-state index is 0.802. The van der Waals surface area contributed by atoms with E-state index in [4.69, 9.17) is 0 Å². The van der Waals surface area contributed by atoms with E-state index >= 15 is 0 Å². The van der Waals surface area contributed by atoms with Gasteiger partial charge < -0.3 is 4.48 Å². The minimum Gasteiger partial charge on any atom is -0.329 e. The zero-order chi connectivity index (χ0) is 18.1. The molecule has 1 atom stereocenters. The first-order valence-corrected chi connectivity index (χ1v) is 11.3. The molecule has 1 heteroatoms. The lowest BCUT2D eigenvalue weighted by atomic mass is 10.0. The van der Waals surface area contributed by atoms with E-state index in [9.17, 15) is 0 Å². The molecule has 0 N–H and O–H groups in total. The maximum atomic E-state index is 2.39. The first-order chi connectivity index (χ1) is 11.5. The second kappa shape index (κ2) is 16.4. The van der Waals surface area contributed by atoms with Gasteiger partial charge in [-0.1, -0.05) is 103 Å². The standard InChI is InChI=1S/C23H50N/c1-6-7-8-9-10-11-12-13-14-15-16-17-18-19-20-21-22-23(2)24(3,4)5/h23H,6-22H2,1-5H3/q+1. The summed E-state index contributed by atoms with van der Waals surface area (Å²) in [4.78, 5) is 0. The van der Waals surface area contributed by atoms with E-state index in [1.165, 1.54) is 109 Å². The van der Waals surface area contributed by atoms with Crippen molar-refractivity contribution in [1.29, 1.82) is 0 Å². The third-order valence-electron chi connectivity index (χ3n) is 5.80.